The van der Waals surface area contributed by atoms with Gasteiger partial charge in [0.2, 0.25) is 0 Å². The van der Waals surface area contributed by atoms with Crippen molar-refractivity contribution < 1.29 is 18.8 Å². The highest BCUT2D eigenvalue weighted by atomic mass is 19.1. The highest BCUT2D eigenvalue weighted by Crippen LogP contribution is 2.38. The average molecular weight is 578 g/mol. The van der Waals surface area contributed by atoms with Crippen molar-refractivity contribution >= 4 is 29.2 Å². The maximum atomic E-state index is 15.2. The first-order chi connectivity index (χ1) is 20.0. The smallest absolute Gasteiger partial charge is 0.351 e. The van der Waals surface area contributed by atoms with Crippen LogP contribution in [0.4, 0.5) is 26.4 Å². The molecule has 0 aliphatic carbocycles. The molecule has 0 atom stereocenters. The number of halogens is 1. The second kappa shape index (κ2) is 12.1. The minimum atomic E-state index is -0.631. The van der Waals surface area contributed by atoms with E-state index < -0.39 is 11.9 Å². The van der Waals surface area contributed by atoms with Crippen LogP contribution < -0.4 is 15.5 Å². The summed E-state index contributed by atoms with van der Waals surface area (Å²) in [7, 11) is 1.84. The molecular formula is C31H40FN7O3. The van der Waals surface area contributed by atoms with Gasteiger partial charge in [0.1, 0.15) is 11.6 Å². The Morgan fingerprint density at radius 2 is 1.88 bits per heavy atom. The van der Waals surface area contributed by atoms with E-state index in [1.165, 1.54) is 12.1 Å². The quantitative estimate of drug-likeness (QED) is 0.427. The minimum Gasteiger partial charge on any atom is -0.351 e. The van der Waals surface area contributed by atoms with E-state index in [1.54, 1.807) is 26.9 Å². The minimum absolute atomic E-state index is 0.0562. The molecule has 224 valence electrons. The molecule has 0 radical (unpaired) electrons. The Kier molecular flexibility index (Phi) is 8.51. The first kappa shape index (κ1) is 29.5. The third kappa shape index (κ3) is 6.74. The standard InChI is InChI=1S/C31H40FN7O3/c1-21-7-6-8-26-27(21)35-28-24(19-34-36(28)5)20-39(26)29(40)22-9-10-23(25(32)17-22)18-33-30(41)42-38-15-13-37(14-16-38)12-11-31(2,3)4/h6-10,17,19,35H,11-16,18,20H2,1-5H3,(H,33,41). The van der Waals surface area contributed by atoms with Crippen molar-refractivity contribution in [3.63, 3.8) is 0 Å². The third-order valence-corrected chi connectivity index (χ3v) is 7.82. The molecule has 2 N–H and O–H groups in total. The van der Waals surface area contributed by atoms with Crippen LogP contribution in [0, 0.1) is 18.2 Å². The molecule has 10 nitrogen and oxygen atoms in total. The predicted octanol–water partition coefficient (Wildman–Crippen LogP) is 4.97. The van der Waals surface area contributed by atoms with Crippen molar-refractivity contribution in [1.29, 1.82) is 0 Å². The SMILES string of the molecule is Cc1cccc2c1Nc1c(cnn1C)CN2C(=O)c1ccc(CNC(=O)ON2CCN(CCC(C)(C)C)CC2)c(F)c1. The zero-order chi connectivity index (χ0) is 30.0. The van der Waals surface area contributed by atoms with Crippen LogP contribution in [0.25, 0.3) is 0 Å². The number of hydrogen-bond donors (Lipinski definition) is 2. The number of nitrogens with one attached hydrogen (secondary N) is 2. The fourth-order valence-electron chi connectivity index (χ4n) is 5.19. The number of hydrogen-bond acceptors (Lipinski definition) is 7. The molecule has 1 saturated heterocycles. The monoisotopic (exact) mass is 577 g/mol. The lowest BCUT2D eigenvalue weighted by Gasteiger charge is -2.34. The molecule has 2 aliphatic heterocycles. The molecule has 1 aromatic heterocycles. The second-order valence-corrected chi connectivity index (χ2v) is 12.2. The number of fused-ring (bicyclic) bond motifs is 2. The van der Waals surface area contributed by atoms with Gasteiger partial charge >= 0.3 is 6.09 Å². The van der Waals surface area contributed by atoms with Gasteiger partial charge in [0.25, 0.3) is 5.91 Å². The van der Waals surface area contributed by atoms with Gasteiger partial charge in [0.05, 0.1) is 24.1 Å². The van der Waals surface area contributed by atoms with Gasteiger partial charge in [-0.1, -0.05) is 39.0 Å². The number of carbonyl (C=O) groups is 2. The van der Waals surface area contributed by atoms with E-state index in [9.17, 15) is 9.59 Å². The molecule has 3 aromatic rings. The summed E-state index contributed by atoms with van der Waals surface area (Å²) in [6.45, 7) is 12.8. The van der Waals surface area contributed by atoms with Crippen molar-refractivity contribution in [3.05, 3.63) is 70.7 Å². The maximum Gasteiger partial charge on any atom is 0.426 e. The van der Waals surface area contributed by atoms with Gasteiger partial charge < -0.3 is 25.3 Å². The molecule has 0 spiro atoms. The summed E-state index contributed by atoms with van der Waals surface area (Å²) in [4.78, 5) is 35.6. The summed E-state index contributed by atoms with van der Waals surface area (Å²) in [5, 5.41) is 12.0. The van der Waals surface area contributed by atoms with Crippen LogP contribution in [0.3, 0.4) is 0 Å². The number of amides is 2. The molecule has 0 saturated carbocycles. The van der Waals surface area contributed by atoms with Crippen LogP contribution in [0.1, 0.15) is 54.2 Å². The molecule has 1 fully saturated rings. The zero-order valence-corrected chi connectivity index (χ0v) is 25.0. The Morgan fingerprint density at radius 3 is 2.60 bits per heavy atom. The number of rotatable bonds is 6. The molecule has 0 unspecified atom stereocenters. The van der Waals surface area contributed by atoms with E-state index in [2.05, 4.69) is 41.4 Å². The van der Waals surface area contributed by atoms with Gasteiger partial charge in [0.15, 0.2) is 0 Å². The summed E-state index contributed by atoms with van der Waals surface area (Å²) >= 11 is 0. The summed E-state index contributed by atoms with van der Waals surface area (Å²) < 4.78 is 16.9. The molecular weight excluding hydrogens is 537 g/mol. The first-order valence-corrected chi connectivity index (χ1v) is 14.4. The van der Waals surface area contributed by atoms with Crippen LogP contribution in [-0.2, 0) is 25.0 Å². The Morgan fingerprint density at radius 1 is 1.12 bits per heavy atom. The van der Waals surface area contributed by atoms with Crippen molar-refractivity contribution in [2.24, 2.45) is 12.5 Å². The largest absolute Gasteiger partial charge is 0.426 e. The summed E-state index contributed by atoms with van der Waals surface area (Å²) in [5.74, 6) is -0.101. The zero-order valence-electron chi connectivity index (χ0n) is 25.0. The van der Waals surface area contributed by atoms with E-state index in [-0.39, 0.29) is 35.5 Å². The molecule has 2 aliphatic rings. The highest BCUT2D eigenvalue weighted by Gasteiger charge is 2.28. The summed E-state index contributed by atoms with van der Waals surface area (Å²) in [6.07, 6.45) is 2.21. The fraction of sp³-hybridized carbons (Fsp3) is 0.452. The molecule has 5 rings (SSSR count). The van der Waals surface area contributed by atoms with Gasteiger partial charge in [-0.05, 0) is 49.1 Å². The number of benzene rings is 2. The van der Waals surface area contributed by atoms with Crippen LogP contribution in [0.5, 0.6) is 0 Å². The second-order valence-electron chi connectivity index (χ2n) is 12.2. The molecule has 2 aromatic carbocycles. The lowest BCUT2D eigenvalue weighted by molar-refractivity contribution is -0.123. The van der Waals surface area contributed by atoms with Crippen LogP contribution in [0.2, 0.25) is 0 Å². The van der Waals surface area contributed by atoms with Crippen LogP contribution in [-0.4, -0.2) is 64.5 Å². The van der Waals surface area contributed by atoms with E-state index in [1.807, 2.05) is 32.2 Å². The third-order valence-electron chi connectivity index (χ3n) is 7.82. The molecule has 2 amide bonds. The number of carbonyl (C=O) groups excluding carboxylic acids is 2. The lowest BCUT2D eigenvalue weighted by Crippen LogP contribution is -2.48. The highest BCUT2D eigenvalue weighted by molar-refractivity contribution is 6.08. The summed E-state index contributed by atoms with van der Waals surface area (Å²) in [6, 6.07) is 10.1. The lowest BCUT2D eigenvalue weighted by atomic mass is 9.92. The number of nitrogens with zero attached hydrogens (tertiary/aromatic N) is 5. The average Bonchev–Trinajstić information content (AvgIpc) is 3.19. The number of hydroxylamine groups is 2. The van der Waals surface area contributed by atoms with Crippen molar-refractivity contribution in [2.75, 3.05) is 42.9 Å². The number of anilines is 3. The van der Waals surface area contributed by atoms with Gasteiger partial charge in [-0.15, -0.1) is 5.06 Å². The van der Waals surface area contributed by atoms with Gasteiger partial charge in [-0.25, -0.2) is 9.18 Å². The Balaban J connectivity index is 1.19. The van der Waals surface area contributed by atoms with Crippen molar-refractivity contribution in [1.82, 2.24) is 25.1 Å². The predicted molar refractivity (Wildman–Crippen MR) is 160 cm³/mol. The van der Waals surface area contributed by atoms with Crippen LogP contribution >= 0.6 is 0 Å². The first-order valence-electron chi connectivity index (χ1n) is 14.4. The molecule has 42 heavy (non-hydrogen) atoms. The van der Waals surface area contributed by atoms with E-state index in [0.717, 1.165) is 48.7 Å². The Labute approximate surface area is 246 Å². The normalized spacial score (nSPS) is 15.8. The maximum absolute atomic E-state index is 15.2. The topological polar surface area (TPSA) is 95.0 Å². The van der Waals surface area contributed by atoms with Crippen molar-refractivity contribution in [2.45, 2.75) is 47.2 Å². The molecule has 0 bridgehead atoms. The fourth-order valence-corrected chi connectivity index (χ4v) is 5.19. The van der Waals surface area contributed by atoms with Gasteiger partial charge in [-0.3, -0.25) is 9.48 Å². The van der Waals surface area contributed by atoms with Gasteiger partial charge in [0, 0.05) is 56.5 Å². The Bertz CT molecular complexity index is 1460. The molecule has 3 heterocycles. The van der Waals surface area contributed by atoms with E-state index in [4.69, 9.17) is 4.84 Å². The van der Waals surface area contributed by atoms with Crippen LogP contribution in [0.15, 0.2) is 42.6 Å². The Hall–Kier alpha value is -3.96. The van der Waals surface area contributed by atoms with Crippen molar-refractivity contribution in [3.8, 4) is 0 Å². The van der Waals surface area contributed by atoms with E-state index >= 15 is 4.39 Å². The number of aromatic nitrogens is 2. The number of para-hydroxylation sites is 1. The van der Waals surface area contributed by atoms with Gasteiger partial charge in [-0.2, -0.15) is 5.10 Å². The molecule has 11 heteroatoms. The summed E-state index contributed by atoms with van der Waals surface area (Å²) in [5.41, 5.74) is 4.10. The van der Waals surface area contributed by atoms with E-state index in [0.29, 0.717) is 18.8 Å². The number of piperazine rings is 1. The number of aryl methyl sites for hydroxylation is 2.